The second-order valence-corrected chi connectivity index (χ2v) is 5.56. The van der Waals surface area contributed by atoms with E-state index in [4.69, 9.17) is 11.6 Å². The topological polar surface area (TPSA) is 25.8 Å². The molecule has 0 spiro atoms. The van der Waals surface area contributed by atoms with Gasteiger partial charge in [-0.05, 0) is 50.1 Å². The molecule has 2 nitrogen and oxygen atoms in total. The average Bonchev–Trinajstić information content (AvgIpc) is 2.46. The van der Waals surface area contributed by atoms with Gasteiger partial charge in [0.1, 0.15) is 11.0 Å². The summed E-state index contributed by atoms with van der Waals surface area (Å²) >= 11 is 6.23. The molecule has 0 amide bonds. The van der Waals surface area contributed by atoms with Gasteiger partial charge in [0.05, 0.1) is 5.52 Å². The molecule has 3 rings (SSSR count). The summed E-state index contributed by atoms with van der Waals surface area (Å²) in [5, 5.41) is 1.01. The molecule has 0 aliphatic heterocycles. The van der Waals surface area contributed by atoms with E-state index in [9.17, 15) is 4.39 Å². The van der Waals surface area contributed by atoms with Crippen LogP contribution in [0.5, 0.6) is 0 Å². The van der Waals surface area contributed by atoms with E-state index in [1.807, 2.05) is 32.0 Å². The Labute approximate surface area is 127 Å². The molecule has 0 bridgehead atoms. The van der Waals surface area contributed by atoms with E-state index in [-0.39, 0.29) is 5.82 Å². The van der Waals surface area contributed by atoms with Crippen LogP contribution in [0.4, 0.5) is 4.39 Å². The fraction of sp³-hybridized carbons (Fsp3) is 0.176. The first-order chi connectivity index (χ1) is 9.97. The summed E-state index contributed by atoms with van der Waals surface area (Å²) in [6.45, 7) is 5.78. The average molecular weight is 301 g/mol. The van der Waals surface area contributed by atoms with Crippen molar-refractivity contribution in [2.24, 2.45) is 0 Å². The van der Waals surface area contributed by atoms with Gasteiger partial charge in [0, 0.05) is 16.5 Å². The van der Waals surface area contributed by atoms with Gasteiger partial charge in [0.2, 0.25) is 0 Å². The Kier molecular flexibility index (Phi) is 3.38. The Hall–Kier alpha value is -2.00. The number of aromatic nitrogens is 2. The highest BCUT2D eigenvalue weighted by Gasteiger charge is 2.12. The summed E-state index contributed by atoms with van der Waals surface area (Å²) in [5.74, 6) is 0.229. The van der Waals surface area contributed by atoms with Crippen LogP contribution in [0.3, 0.4) is 0 Å². The van der Waals surface area contributed by atoms with Crippen LogP contribution in [0, 0.1) is 26.6 Å². The summed E-state index contributed by atoms with van der Waals surface area (Å²) in [5.41, 5.74) is 4.28. The van der Waals surface area contributed by atoms with Crippen LogP contribution in [-0.2, 0) is 0 Å². The van der Waals surface area contributed by atoms with Crippen molar-refractivity contribution >= 4 is 22.5 Å². The Morgan fingerprint density at radius 2 is 1.71 bits per heavy atom. The molecule has 3 aromatic rings. The number of nitrogens with zero attached hydrogens (tertiary/aromatic N) is 2. The monoisotopic (exact) mass is 300 g/mol. The fourth-order valence-electron chi connectivity index (χ4n) is 2.28. The molecule has 0 N–H and O–H groups in total. The first-order valence-electron chi connectivity index (χ1n) is 6.67. The number of aryl methyl sites for hydroxylation is 3. The lowest BCUT2D eigenvalue weighted by molar-refractivity contribution is 0.620. The van der Waals surface area contributed by atoms with Crippen molar-refractivity contribution in [3.8, 4) is 11.4 Å². The molecule has 0 unspecified atom stereocenters. The number of hydrogen-bond acceptors (Lipinski definition) is 2. The van der Waals surface area contributed by atoms with Gasteiger partial charge in [-0.25, -0.2) is 14.4 Å². The highest BCUT2D eigenvalue weighted by atomic mass is 35.5. The van der Waals surface area contributed by atoms with Gasteiger partial charge in [-0.1, -0.05) is 23.7 Å². The van der Waals surface area contributed by atoms with Crippen LogP contribution < -0.4 is 0 Å². The number of hydrogen-bond donors (Lipinski definition) is 0. The Bertz CT molecular complexity index is 859. The van der Waals surface area contributed by atoms with Crippen LogP contribution in [-0.4, -0.2) is 9.97 Å². The summed E-state index contributed by atoms with van der Waals surface area (Å²) in [7, 11) is 0. The van der Waals surface area contributed by atoms with Gasteiger partial charge in [-0.3, -0.25) is 0 Å². The standard InChI is InChI=1S/C17H14ClFN2/c1-9-4-5-12(8-10(9)2)17-20-15-11(3)14(19)7-6-13(15)16(18)21-17/h4-8H,1-3H3. The SMILES string of the molecule is Cc1ccc(-c2nc(Cl)c3ccc(F)c(C)c3n2)cc1C. The Balaban J connectivity index is 2.28. The van der Waals surface area contributed by atoms with E-state index in [1.165, 1.54) is 11.6 Å². The molecular formula is C17H14ClFN2. The molecule has 0 saturated heterocycles. The van der Waals surface area contributed by atoms with Crippen LogP contribution >= 0.6 is 11.6 Å². The maximum atomic E-state index is 13.7. The van der Waals surface area contributed by atoms with Crippen molar-refractivity contribution < 1.29 is 4.39 Å². The van der Waals surface area contributed by atoms with E-state index < -0.39 is 0 Å². The molecule has 0 radical (unpaired) electrons. The minimum absolute atomic E-state index is 0.289. The Morgan fingerprint density at radius 1 is 0.952 bits per heavy atom. The largest absolute Gasteiger partial charge is 0.228 e. The zero-order valence-electron chi connectivity index (χ0n) is 12.0. The van der Waals surface area contributed by atoms with Crippen LogP contribution in [0.25, 0.3) is 22.3 Å². The third kappa shape index (κ3) is 2.38. The summed E-state index contributed by atoms with van der Waals surface area (Å²) in [6.07, 6.45) is 0. The van der Waals surface area contributed by atoms with Gasteiger partial charge < -0.3 is 0 Å². The summed E-state index contributed by atoms with van der Waals surface area (Å²) in [6, 6.07) is 8.99. The van der Waals surface area contributed by atoms with Crippen molar-refractivity contribution in [2.75, 3.05) is 0 Å². The van der Waals surface area contributed by atoms with Crippen molar-refractivity contribution in [1.29, 1.82) is 0 Å². The van der Waals surface area contributed by atoms with Crippen molar-refractivity contribution in [1.82, 2.24) is 9.97 Å². The minimum atomic E-state index is -0.289. The molecule has 0 fully saturated rings. The zero-order valence-corrected chi connectivity index (χ0v) is 12.8. The normalized spacial score (nSPS) is 11.1. The lowest BCUT2D eigenvalue weighted by atomic mass is 10.1. The third-order valence-corrected chi connectivity index (χ3v) is 4.06. The molecule has 4 heteroatoms. The molecule has 0 aliphatic carbocycles. The predicted molar refractivity (Wildman–Crippen MR) is 84.2 cm³/mol. The van der Waals surface area contributed by atoms with Gasteiger partial charge in [-0.2, -0.15) is 0 Å². The molecule has 0 aliphatic rings. The molecule has 2 aromatic carbocycles. The first-order valence-corrected chi connectivity index (χ1v) is 7.05. The quantitative estimate of drug-likeness (QED) is 0.590. The van der Waals surface area contributed by atoms with E-state index in [2.05, 4.69) is 9.97 Å². The van der Waals surface area contributed by atoms with E-state index in [1.54, 1.807) is 13.0 Å². The first kappa shape index (κ1) is 14.0. The van der Waals surface area contributed by atoms with E-state index in [0.29, 0.717) is 27.4 Å². The van der Waals surface area contributed by atoms with Crippen LogP contribution in [0.15, 0.2) is 30.3 Å². The van der Waals surface area contributed by atoms with Crippen LogP contribution in [0.1, 0.15) is 16.7 Å². The minimum Gasteiger partial charge on any atom is -0.228 e. The lowest BCUT2D eigenvalue weighted by Gasteiger charge is -2.09. The van der Waals surface area contributed by atoms with E-state index in [0.717, 1.165) is 11.1 Å². The molecule has 106 valence electrons. The van der Waals surface area contributed by atoms with Gasteiger partial charge in [0.25, 0.3) is 0 Å². The predicted octanol–water partition coefficient (Wildman–Crippen LogP) is 5.01. The lowest BCUT2D eigenvalue weighted by Crippen LogP contribution is -1.96. The zero-order chi connectivity index (χ0) is 15.1. The Morgan fingerprint density at radius 3 is 2.43 bits per heavy atom. The van der Waals surface area contributed by atoms with Crippen molar-refractivity contribution in [2.45, 2.75) is 20.8 Å². The molecule has 0 atom stereocenters. The van der Waals surface area contributed by atoms with E-state index >= 15 is 0 Å². The smallest absolute Gasteiger partial charge is 0.161 e. The highest BCUT2D eigenvalue weighted by molar-refractivity contribution is 6.34. The molecule has 0 saturated carbocycles. The van der Waals surface area contributed by atoms with Gasteiger partial charge in [-0.15, -0.1) is 0 Å². The van der Waals surface area contributed by atoms with Gasteiger partial charge >= 0.3 is 0 Å². The highest BCUT2D eigenvalue weighted by Crippen LogP contribution is 2.28. The van der Waals surface area contributed by atoms with Crippen LogP contribution in [0.2, 0.25) is 5.15 Å². The second kappa shape index (κ2) is 5.08. The molecule has 1 heterocycles. The second-order valence-electron chi connectivity index (χ2n) is 5.21. The fourth-order valence-corrected chi connectivity index (χ4v) is 2.51. The number of fused-ring (bicyclic) bond motifs is 1. The molecule has 1 aromatic heterocycles. The van der Waals surface area contributed by atoms with Gasteiger partial charge in [0.15, 0.2) is 5.82 Å². The molecule has 21 heavy (non-hydrogen) atoms. The number of halogens is 2. The molecular weight excluding hydrogens is 287 g/mol. The summed E-state index contributed by atoms with van der Waals surface area (Å²) < 4.78 is 13.7. The number of rotatable bonds is 1. The maximum absolute atomic E-state index is 13.7. The van der Waals surface area contributed by atoms with Crippen molar-refractivity contribution in [3.05, 3.63) is 58.0 Å². The number of benzene rings is 2. The van der Waals surface area contributed by atoms with Crippen molar-refractivity contribution in [3.63, 3.8) is 0 Å². The third-order valence-electron chi connectivity index (χ3n) is 3.77. The summed E-state index contributed by atoms with van der Waals surface area (Å²) in [4.78, 5) is 8.85. The maximum Gasteiger partial charge on any atom is 0.161 e.